The summed E-state index contributed by atoms with van der Waals surface area (Å²) in [5.41, 5.74) is -0.0835. The lowest BCUT2D eigenvalue weighted by molar-refractivity contribution is 0.00553. The first-order valence-electron chi connectivity index (χ1n) is 7.68. The highest BCUT2D eigenvalue weighted by Crippen LogP contribution is 2.32. The van der Waals surface area contributed by atoms with Crippen LogP contribution in [-0.4, -0.2) is 37.9 Å². The number of sulfone groups is 1. The van der Waals surface area contributed by atoms with Crippen LogP contribution in [-0.2, 0) is 22.0 Å². The van der Waals surface area contributed by atoms with Crippen molar-refractivity contribution in [1.82, 2.24) is 10.3 Å². The van der Waals surface area contributed by atoms with Crippen LogP contribution < -0.4 is 10.1 Å². The molecule has 0 atom stereocenters. The highest BCUT2D eigenvalue weighted by atomic mass is 32.2. The Morgan fingerprint density at radius 3 is 2.58 bits per heavy atom. The van der Waals surface area contributed by atoms with Crippen LogP contribution in [0, 0.1) is 0 Å². The number of nitrogens with one attached hydrogen (secondary N) is 1. The van der Waals surface area contributed by atoms with Crippen molar-refractivity contribution in [1.29, 1.82) is 0 Å². The molecule has 8 heteroatoms. The van der Waals surface area contributed by atoms with Crippen molar-refractivity contribution < 1.29 is 18.3 Å². The summed E-state index contributed by atoms with van der Waals surface area (Å²) in [6, 6.07) is 6.30. The molecule has 1 aromatic carbocycles. The molecule has 130 valence electrons. The molecule has 0 bridgehead atoms. The number of rotatable bonds is 5. The highest BCUT2D eigenvalue weighted by Gasteiger charge is 2.34. The number of aromatic nitrogens is 1. The number of nitrogens with zero attached hydrogens (tertiary/aromatic N) is 1. The average Bonchev–Trinajstić information content (AvgIpc) is 3.03. The predicted molar refractivity (Wildman–Crippen MR) is 92.0 cm³/mol. The number of benzene rings is 1. The molecule has 0 amide bonds. The number of ether oxygens (including phenoxy) is 1. The molecule has 0 saturated carbocycles. The molecule has 0 aliphatic carbocycles. The van der Waals surface area contributed by atoms with Gasteiger partial charge >= 0.3 is 0 Å². The molecule has 1 aliphatic rings. The lowest BCUT2D eigenvalue weighted by atomic mass is 9.93. The molecule has 1 saturated heterocycles. The third-order valence-corrected chi connectivity index (χ3v) is 6.23. The van der Waals surface area contributed by atoms with E-state index in [0.717, 1.165) is 23.8 Å². The molecule has 3 rings (SSSR count). The number of hydrogen-bond donors (Lipinski definition) is 2. The molecule has 1 aliphatic heterocycles. The summed E-state index contributed by atoms with van der Waals surface area (Å²) in [7, 11) is -3.20. The van der Waals surface area contributed by atoms with E-state index in [1.807, 2.05) is 5.38 Å². The molecule has 0 radical (unpaired) electrons. The van der Waals surface area contributed by atoms with E-state index >= 15 is 0 Å². The summed E-state index contributed by atoms with van der Waals surface area (Å²) in [6.45, 7) is 1.85. The molecule has 2 heterocycles. The molecular formula is C16H20N2O4S2. The molecule has 1 aromatic heterocycles. The van der Waals surface area contributed by atoms with Crippen molar-refractivity contribution in [2.45, 2.75) is 29.9 Å². The van der Waals surface area contributed by atoms with Crippen molar-refractivity contribution in [3.63, 3.8) is 0 Å². The quantitative estimate of drug-likeness (QED) is 0.835. The van der Waals surface area contributed by atoms with Crippen LogP contribution >= 0.6 is 11.3 Å². The van der Waals surface area contributed by atoms with Gasteiger partial charge in [-0.05, 0) is 50.2 Å². The Kier molecular flexibility index (Phi) is 4.91. The summed E-state index contributed by atoms with van der Waals surface area (Å²) >= 11 is 1.45. The molecule has 2 aromatic rings. The normalized spacial score (nSPS) is 17.6. The fourth-order valence-corrected chi connectivity index (χ4v) is 4.17. The van der Waals surface area contributed by atoms with E-state index in [1.54, 1.807) is 12.1 Å². The minimum absolute atomic E-state index is 0.263. The predicted octanol–water partition coefficient (Wildman–Crippen LogP) is 1.70. The Morgan fingerprint density at radius 2 is 1.96 bits per heavy atom. The molecule has 24 heavy (non-hydrogen) atoms. The van der Waals surface area contributed by atoms with Crippen LogP contribution in [0.3, 0.4) is 0 Å². The second-order valence-electron chi connectivity index (χ2n) is 5.96. The van der Waals surface area contributed by atoms with Gasteiger partial charge in [0.2, 0.25) is 0 Å². The minimum Gasteiger partial charge on any atom is -0.487 e. The van der Waals surface area contributed by atoms with Crippen LogP contribution in [0.15, 0.2) is 34.5 Å². The SMILES string of the molecule is CS(=O)(=O)c1ccc(OCc2csc(C3(O)CCNCC3)n2)cc1. The van der Waals surface area contributed by atoms with Crippen LogP contribution in [0.5, 0.6) is 5.75 Å². The molecular weight excluding hydrogens is 348 g/mol. The summed E-state index contributed by atoms with van der Waals surface area (Å²) in [4.78, 5) is 4.76. The minimum atomic E-state index is -3.20. The Bertz CT molecular complexity index is 794. The van der Waals surface area contributed by atoms with Gasteiger partial charge in [0.15, 0.2) is 9.84 Å². The Labute approximate surface area is 145 Å². The summed E-state index contributed by atoms with van der Waals surface area (Å²) in [6.07, 6.45) is 2.49. The number of aliphatic hydroxyl groups is 1. The zero-order chi connectivity index (χ0) is 17.2. The maximum atomic E-state index is 11.4. The number of hydrogen-bond acceptors (Lipinski definition) is 7. The smallest absolute Gasteiger partial charge is 0.175 e. The second-order valence-corrected chi connectivity index (χ2v) is 8.83. The van der Waals surface area contributed by atoms with E-state index in [9.17, 15) is 13.5 Å². The van der Waals surface area contributed by atoms with Gasteiger partial charge in [-0.1, -0.05) is 0 Å². The first kappa shape index (κ1) is 17.3. The van der Waals surface area contributed by atoms with Crippen molar-refractivity contribution >= 4 is 21.2 Å². The van der Waals surface area contributed by atoms with E-state index in [1.165, 1.54) is 29.7 Å². The topological polar surface area (TPSA) is 88.5 Å². The molecule has 6 nitrogen and oxygen atoms in total. The summed E-state index contributed by atoms with van der Waals surface area (Å²) < 4.78 is 28.5. The highest BCUT2D eigenvalue weighted by molar-refractivity contribution is 7.90. The Morgan fingerprint density at radius 1 is 1.29 bits per heavy atom. The zero-order valence-electron chi connectivity index (χ0n) is 13.4. The van der Waals surface area contributed by atoms with Gasteiger partial charge in [0.05, 0.1) is 10.6 Å². The second kappa shape index (κ2) is 6.79. The monoisotopic (exact) mass is 368 g/mol. The lowest BCUT2D eigenvalue weighted by Gasteiger charge is -2.30. The summed E-state index contributed by atoms with van der Waals surface area (Å²) in [5.74, 6) is 0.581. The average molecular weight is 368 g/mol. The molecule has 1 fully saturated rings. The zero-order valence-corrected chi connectivity index (χ0v) is 15.0. The van der Waals surface area contributed by atoms with Gasteiger partial charge in [-0.3, -0.25) is 0 Å². The van der Waals surface area contributed by atoms with Crippen molar-refractivity contribution in [3.05, 3.63) is 40.3 Å². The Hall–Kier alpha value is -1.48. The fraction of sp³-hybridized carbons (Fsp3) is 0.438. The van der Waals surface area contributed by atoms with Crippen molar-refractivity contribution in [3.8, 4) is 5.75 Å². The molecule has 0 unspecified atom stereocenters. The number of piperidine rings is 1. The van der Waals surface area contributed by atoms with Crippen LogP contribution in [0.4, 0.5) is 0 Å². The van der Waals surface area contributed by atoms with Crippen LogP contribution in [0.25, 0.3) is 0 Å². The van der Waals surface area contributed by atoms with Crippen molar-refractivity contribution in [2.24, 2.45) is 0 Å². The van der Waals surface area contributed by atoms with E-state index in [0.29, 0.717) is 18.6 Å². The number of thiazole rings is 1. The van der Waals surface area contributed by atoms with Gasteiger partial charge in [-0.15, -0.1) is 11.3 Å². The largest absolute Gasteiger partial charge is 0.487 e. The standard InChI is InChI=1S/C16H20N2O4S2/c1-24(20,21)14-4-2-13(3-5-14)22-10-12-11-23-15(18-12)16(19)6-8-17-9-7-16/h2-5,11,17,19H,6-10H2,1H3. The van der Waals surface area contributed by atoms with Crippen molar-refractivity contribution in [2.75, 3.05) is 19.3 Å². The van der Waals surface area contributed by atoms with Gasteiger partial charge < -0.3 is 15.2 Å². The Balaban J connectivity index is 1.63. The van der Waals surface area contributed by atoms with Gasteiger partial charge in [-0.25, -0.2) is 13.4 Å². The maximum Gasteiger partial charge on any atom is 0.175 e. The van der Waals surface area contributed by atoms with Gasteiger partial charge in [0.1, 0.15) is 23.0 Å². The third kappa shape index (κ3) is 3.94. The fourth-order valence-electron chi connectivity index (χ4n) is 2.58. The first-order valence-corrected chi connectivity index (χ1v) is 10.4. The van der Waals surface area contributed by atoms with Gasteiger partial charge in [0.25, 0.3) is 0 Å². The van der Waals surface area contributed by atoms with Crippen LogP contribution in [0.1, 0.15) is 23.5 Å². The van der Waals surface area contributed by atoms with E-state index in [2.05, 4.69) is 10.3 Å². The van der Waals surface area contributed by atoms with Gasteiger partial charge in [0, 0.05) is 11.6 Å². The van der Waals surface area contributed by atoms with E-state index in [4.69, 9.17) is 4.74 Å². The third-order valence-electron chi connectivity index (χ3n) is 4.02. The van der Waals surface area contributed by atoms with E-state index < -0.39 is 15.4 Å². The lowest BCUT2D eigenvalue weighted by Crippen LogP contribution is -2.39. The molecule has 0 spiro atoms. The van der Waals surface area contributed by atoms with Gasteiger partial charge in [-0.2, -0.15) is 0 Å². The summed E-state index contributed by atoms with van der Waals surface area (Å²) in [5, 5.41) is 16.5. The maximum absolute atomic E-state index is 11.4. The van der Waals surface area contributed by atoms with E-state index in [-0.39, 0.29) is 11.5 Å². The van der Waals surface area contributed by atoms with Crippen LogP contribution in [0.2, 0.25) is 0 Å². The molecule has 2 N–H and O–H groups in total. The first-order chi connectivity index (χ1) is 11.4.